The van der Waals surface area contributed by atoms with E-state index in [2.05, 4.69) is 20.7 Å². The number of ether oxygens (including phenoxy) is 1. The topological polar surface area (TPSA) is 115 Å². The molecule has 0 saturated heterocycles. The lowest BCUT2D eigenvalue weighted by Gasteiger charge is -2.32. The van der Waals surface area contributed by atoms with Crippen LogP contribution in [-0.4, -0.2) is 45.2 Å². The standard InChI is InChI=1S/C30H34N6O4/c1-20-13-16-22(17-14-20)29-32-34-35(33-29)19-27(37)36(24-11-7-8-12-25(24)39-3)28(26-18-15-21(2)40-26)30(38)31-23-9-5-4-6-10-23/h7-8,11-18,23,28H,4-6,9-10,19H2,1-3H3,(H,31,38). The van der Waals surface area contributed by atoms with E-state index in [4.69, 9.17) is 9.15 Å². The molecule has 0 radical (unpaired) electrons. The Labute approximate surface area is 233 Å². The third kappa shape index (κ3) is 6.06. The van der Waals surface area contributed by atoms with Crippen molar-refractivity contribution < 1.29 is 18.7 Å². The van der Waals surface area contributed by atoms with Gasteiger partial charge in [0.05, 0.1) is 12.8 Å². The van der Waals surface area contributed by atoms with Gasteiger partial charge in [-0.15, -0.1) is 10.2 Å². The first-order valence-corrected chi connectivity index (χ1v) is 13.6. The number of hydrogen-bond donors (Lipinski definition) is 1. The van der Waals surface area contributed by atoms with E-state index in [-0.39, 0.29) is 18.5 Å². The minimum atomic E-state index is -1.07. The Morgan fingerprint density at radius 1 is 1.05 bits per heavy atom. The van der Waals surface area contributed by atoms with Gasteiger partial charge in [0.15, 0.2) is 6.04 Å². The van der Waals surface area contributed by atoms with Crippen LogP contribution in [0.2, 0.25) is 0 Å². The van der Waals surface area contributed by atoms with E-state index in [0.29, 0.717) is 28.8 Å². The van der Waals surface area contributed by atoms with Gasteiger partial charge in [-0.2, -0.15) is 4.80 Å². The number of para-hydroxylation sites is 2. The van der Waals surface area contributed by atoms with Gasteiger partial charge in [-0.1, -0.05) is 61.2 Å². The summed E-state index contributed by atoms with van der Waals surface area (Å²) in [5.74, 6) is 1.12. The third-order valence-electron chi connectivity index (χ3n) is 7.14. The van der Waals surface area contributed by atoms with E-state index in [1.54, 1.807) is 37.3 Å². The number of anilines is 1. The Hall–Kier alpha value is -4.47. The lowest BCUT2D eigenvalue weighted by atomic mass is 9.95. The molecule has 1 aliphatic carbocycles. The van der Waals surface area contributed by atoms with E-state index in [9.17, 15) is 9.59 Å². The number of hydrogen-bond acceptors (Lipinski definition) is 7. The lowest BCUT2D eigenvalue weighted by Crippen LogP contribution is -2.48. The molecule has 1 atom stereocenters. The Kier molecular flexibility index (Phi) is 8.23. The number of aryl methyl sites for hydroxylation is 2. The maximum atomic E-state index is 14.1. The molecule has 208 valence electrons. The van der Waals surface area contributed by atoms with Gasteiger partial charge >= 0.3 is 0 Å². The molecule has 10 heteroatoms. The van der Waals surface area contributed by atoms with Crippen LogP contribution in [0.4, 0.5) is 5.69 Å². The van der Waals surface area contributed by atoms with Crippen LogP contribution < -0.4 is 15.0 Å². The number of furan rings is 1. The average Bonchev–Trinajstić information content (AvgIpc) is 3.61. The Bertz CT molecular complexity index is 1450. The molecule has 10 nitrogen and oxygen atoms in total. The van der Waals surface area contributed by atoms with Crippen molar-refractivity contribution >= 4 is 17.5 Å². The Balaban J connectivity index is 1.51. The number of benzene rings is 2. The lowest BCUT2D eigenvalue weighted by molar-refractivity contribution is -0.128. The molecule has 40 heavy (non-hydrogen) atoms. The largest absolute Gasteiger partial charge is 0.495 e. The SMILES string of the molecule is COc1ccccc1N(C(=O)Cn1nnc(-c2ccc(C)cc2)n1)C(C(=O)NC1CCCCC1)c1ccc(C)o1. The Morgan fingerprint density at radius 3 is 2.50 bits per heavy atom. The molecule has 1 saturated carbocycles. The molecule has 1 aliphatic rings. The predicted octanol–water partition coefficient (Wildman–Crippen LogP) is 4.78. The van der Waals surface area contributed by atoms with Gasteiger partial charge in [-0.25, -0.2) is 0 Å². The second-order valence-corrected chi connectivity index (χ2v) is 10.1. The zero-order chi connectivity index (χ0) is 28.1. The second kappa shape index (κ2) is 12.1. The molecule has 2 aromatic heterocycles. The number of tetrazole rings is 1. The van der Waals surface area contributed by atoms with Crippen LogP contribution in [0, 0.1) is 13.8 Å². The zero-order valence-electron chi connectivity index (χ0n) is 23.0. The van der Waals surface area contributed by atoms with Crippen LogP contribution >= 0.6 is 0 Å². The minimum Gasteiger partial charge on any atom is -0.495 e. The van der Waals surface area contributed by atoms with Gasteiger partial charge in [0.2, 0.25) is 5.82 Å². The Morgan fingerprint density at radius 2 is 1.80 bits per heavy atom. The molecule has 1 N–H and O–H groups in total. The molecular weight excluding hydrogens is 508 g/mol. The third-order valence-corrected chi connectivity index (χ3v) is 7.14. The first-order chi connectivity index (χ1) is 19.4. The number of nitrogens with zero attached hydrogens (tertiary/aromatic N) is 5. The summed E-state index contributed by atoms with van der Waals surface area (Å²) in [4.78, 5) is 30.7. The van der Waals surface area contributed by atoms with Gasteiger partial charge < -0.3 is 14.5 Å². The molecule has 1 fully saturated rings. The molecule has 5 rings (SSSR count). The fourth-order valence-electron chi connectivity index (χ4n) is 5.07. The average molecular weight is 543 g/mol. The number of rotatable bonds is 9. The van der Waals surface area contributed by atoms with Gasteiger partial charge in [0, 0.05) is 11.6 Å². The molecule has 4 aromatic rings. The zero-order valence-corrected chi connectivity index (χ0v) is 23.0. The first-order valence-electron chi connectivity index (χ1n) is 13.6. The van der Waals surface area contributed by atoms with E-state index < -0.39 is 11.9 Å². The first kappa shape index (κ1) is 27.1. The van der Waals surface area contributed by atoms with Crippen molar-refractivity contribution in [2.75, 3.05) is 12.0 Å². The summed E-state index contributed by atoms with van der Waals surface area (Å²) < 4.78 is 11.6. The number of nitrogens with one attached hydrogen (secondary N) is 1. The van der Waals surface area contributed by atoms with Crippen molar-refractivity contribution in [1.82, 2.24) is 25.5 Å². The summed E-state index contributed by atoms with van der Waals surface area (Å²) in [7, 11) is 1.53. The fourth-order valence-corrected chi connectivity index (χ4v) is 5.07. The van der Waals surface area contributed by atoms with Crippen LogP contribution in [0.15, 0.2) is 65.1 Å². The van der Waals surface area contributed by atoms with Crippen LogP contribution in [0.1, 0.15) is 55.2 Å². The highest BCUT2D eigenvalue weighted by Crippen LogP contribution is 2.36. The maximum Gasteiger partial charge on any atom is 0.251 e. The maximum absolute atomic E-state index is 14.1. The highest BCUT2D eigenvalue weighted by atomic mass is 16.5. The van der Waals surface area contributed by atoms with Crippen molar-refractivity contribution in [2.45, 2.75) is 64.6 Å². The summed E-state index contributed by atoms with van der Waals surface area (Å²) in [5.41, 5.74) is 2.35. The number of aromatic nitrogens is 4. The van der Waals surface area contributed by atoms with Gasteiger partial charge in [-0.3, -0.25) is 14.5 Å². The summed E-state index contributed by atoms with van der Waals surface area (Å²) in [5, 5.41) is 15.9. The predicted molar refractivity (Wildman–Crippen MR) is 150 cm³/mol. The molecule has 2 amide bonds. The van der Waals surface area contributed by atoms with Crippen LogP contribution in [0.25, 0.3) is 11.4 Å². The van der Waals surface area contributed by atoms with E-state index in [1.807, 2.05) is 37.3 Å². The molecule has 0 spiro atoms. The highest BCUT2D eigenvalue weighted by Gasteiger charge is 2.37. The molecule has 2 heterocycles. The molecule has 0 bridgehead atoms. The fraction of sp³-hybridized carbons (Fsp3) is 0.367. The summed E-state index contributed by atoms with van der Waals surface area (Å²) in [6.45, 7) is 3.56. The summed E-state index contributed by atoms with van der Waals surface area (Å²) >= 11 is 0. The van der Waals surface area contributed by atoms with Gasteiger partial charge in [-0.05, 0) is 56.2 Å². The van der Waals surface area contributed by atoms with Crippen molar-refractivity contribution in [3.05, 3.63) is 77.7 Å². The van der Waals surface area contributed by atoms with Crippen molar-refractivity contribution in [3.63, 3.8) is 0 Å². The summed E-state index contributed by atoms with van der Waals surface area (Å²) in [6, 6.07) is 17.3. The molecule has 1 unspecified atom stereocenters. The minimum absolute atomic E-state index is 0.0449. The van der Waals surface area contributed by atoms with E-state index in [1.165, 1.54) is 16.8 Å². The van der Waals surface area contributed by atoms with Crippen LogP contribution in [-0.2, 0) is 16.1 Å². The van der Waals surface area contributed by atoms with Crippen LogP contribution in [0.5, 0.6) is 5.75 Å². The van der Waals surface area contributed by atoms with Crippen molar-refractivity contribution in [1.29, 1.82) is 0 Å². The van der Waals surface area contributed by atoms with Gasteiger partial charge in [0.1, 0.15) is 23.8 Å². The molecule has 0 aliphatic heterocycles. The second-order valence-electron chi connectivity index (χ2n) is 10.1. The quantitative estimate of drug-likeness (QED) is 0.324. The normalized spacial score (nSPS) is 14.5. The van der Waals surface area contributed by atoms with E-state index in [0.717, 1.165) is 43.2 Å². The monoisotopic (exact) mass is 542 g/mol. The van der Waals surface area contributed by atoms with Crippen LogP contribution in [0.3, 0.4) is 0 Å². The van der Waals surface area contributed by atoms with Crippen molar-refractivity contribution in [2.24, 2.45) is 0 Å². The summed E-state index contributed by atoms with van der Waals surface area (Å²) in [6.07, 6.45) is 5.10. The number of methoxy groups -OCH3 is 1. The number of amides is 2. The highest BCUT2D eigenvalue weighted by molar-refractivity contribution is 6.02. The number of carbonyl (C=O) groups is 2. The van der Waals surface area contributed by atoms with E-state index >= 15 is 0 Å². The molecule has 2 aromatic carbocycles. The molecular formula is C30H34N6O4. The smallest absolute Gasteiger partial charge is 0.251 e. The van der Waals surface area contributed by atoms with Crippen molar-refractivity contribution in [3.8, 4) is 17.1 Å². The van der Waals surface area contributed by atoms with Gasteiger partial charge in [0.25, 0.3) is 11.8 Å². The number of carbonyl (C=O) groups excluding carboxylic acids is 2.